The van der Waals surface area contributed by atoms with Gasteiger partial charge in [0, 0.05) is 18.8 Å². The van der Waals surface area contributed by atoms with Gasteiger partial charge in [0.1, 0.15) is 22.7 Å². The van der Waals surface area contributed by atoms with Crippen LogP contribution in [0, 0.1) is 11.3 Å². The van der Waals surface area contributed by atoms with Crippen molar-refractivity contribution in [1.82, 2.24) is 14.9 Å². The van der Waals surface area contributed by atoms with E-state index in [1.807, 2.05) is 6.07 Å². The SMILES string of the molecule is CSc1nc(N)nc(NC(=O)[C@H](CCCN2CCOCC2)Nc2cccc(C(F)(F)F)c2)c1C#N. The van der Waals surface area contributed by atoms with Crippen molar-refractivity contribution in [2.24, 2.45) is 0 Å². The molecule has 0 bridgehead atoms. The van der Waals surface area contributed by atoms with E-state index in [1.54, 1.807) is 6.26 Å². The molecule has 0 aliphatic carbocycles. The van der Waals surface area contributed by atoms with Crippen LogP contribution in [0.3, 0.4) is 0 Å². The molecule has 13 heteroatoms. The van der Waals surface area contributed by atoms with Gasteiger partial charge in [0.05, 0.1) is 18.8 Å². The lowest BCUT2D eigenvalue weighted by Gasteiger charge is -2.27. The number of benzene rings is 1. The molecule has 1 atom stereocenters. The number of carbonyl (C=O) groups is 1. The minimum absolute atomic E-state index is 0.0432. The highest BCUT2D eigenvalue weighted by Crippen LogP contribution is 2.31. The van der Waals surface area contributed by atoms with E-state index in [2.05, 4.69) is 25.5 Å². The zero-order chi connectivity index (χ0) is 25.4. The second-order valence-electron chi connectivity index (χ2n) is 7.79. The van der Waals surface area contributed by atoms with Crippen LogP contribution < -0.4 is 16.4 Å². The van der Waals surface area contributed by atoms with E-state index in [0.29, 0.717) is 37.6 Å². The molecule has 1 saturated heterocycles. The van der Waals surface area contributed by atoms with Crippen LogP contribution in [-0.2, 0) is 15.7 Å². The van der Waals surface area contributed by atoms with Crippen molar-refractivity contribution >= 4 is 35.1 Å². The third-order valence-electron chi connectivity index (χ3n) is 5.36. The first-order valence-corrected chi connectivity index (χ1v) is 12.1. The van der Waals surface area contributed by atoms with Crippen LogP contribution in [0.25, 0.3) is 0 Å². The molecule has 2 aromatic rings. The summed E-state index contributed by atoms with van der Waals surface area (Å²) >= 11 is 1.18. The van der Waals surface area contributed by atoms with Gasteiger partial charge < -0.3 is 21.1 Å². The summed E-state index contributed by atoms with van der Waals surface area (Å²) in [5.74, 6) is -0.706. The van der Waals surface area contributed by atoms with Gasteiger partial charge in [-0.2, -0.15) is 23.4 Å². The molecule has 3 rings (SSSR count). The monoisotopic (exact) mass is 509 g/mol. The molecule has 35 heavy (non-hydrogen) atoms. The van der Waals surface area contributed by atoms with Crippen molar-refractivity contribution in [2.45, 2.75) is 30.1 Å². The lowest BCUT2D eigenvalue weighted by atomic mass is 10.1. The topological polar surface area (TPSA) is 129 Å². The maximum absolute atomic E-state index is 13.2. The summed E-state index contributed by atoms with van der Waals surface area (Å²) in [5.41, 5.74) is 5.11. The lowest BCUT2D eigenvalue weighted by Crippen LogP contribution is -2.39. The van der Waals surface area contributed by atoms with Crippen molar-refractivity contribution in [3.8, 4) is 6.07 Å². The maximum Gasteiger partial charge on any atom is 0.416 e. The molecule has 0 saturated carbocycles. The van der Waals surface area contributed by atoms with Gasteiger partial charge in [-0.1, -0.05) is 6.07 Å². The Hall–Kier alpha value is -3.08. The second-order valence-corrected chi connectivity index (χ2v) is 8.58. The van der Waals surface area contributed by atoms with Crippen LogP contribution >= 0.6 is 11.8 Å². The highest BCUT2D eigenvalue weighted by atomic mass is 32.2. The third-order valence-corrected chi connectivity index (χ3v) is 6.04. The molecular formula is C22H26F3N7O2S. The number of nitriles is 1. The molecule has 1 amide bonds. The highest BCUT2D eigenvalue weighted by Gasteiger charge is 2.31. The number of halogens is 3. The Kier molecular flexibility index (Phi) is 9.13. The van der Waals surface area contributed by atoms with Gasteiger partial charge in [0.2, 0.25) is 11.9 Å². The van der Waals surface area contributed by atoms with Crippen molar-refractivity contribution in [3.63, 3.8) is 0 Å². The minimum Gasteiger partial charge on any atom is -0.379 e. The van der Waals surface area contributed by atoms with Gasteiger partial charge in [-0.25, -0.2) is 4.98 Å². The van der Waals surface area contributed by atoms with Gasteiger partial charge >= 0.3 is 6.18 Å². The van der Waals surface area contributed by atoms with Gasteiger partial charge in [0.25, 0.3) is 0 Å². The van der Waals surface area contributed by atoms with E-state index in [0.717, 1.165) is 25.2 Å². The van der Waals surface area contributed by atoms with E-state index in [-0.39, 0.29) is 23.0 Å². The Morgan fingerprint density at radius 3 is 2.74 bits per heavy atom. The Morgan fingerprint density at radius 1 is 1.34 bits per heavy atom. The Labute approximate surface area is 205 Å². The number of alkyl halides is 3. The Bertz CT molecular complexity index is 1070. The predicted octanol–water partition coefficient (Wildman–Crippen LogP) is 3.20. The second kappa shape index (κ2) is 12.1. The van der Waals surface area contributed by atoms with Gasteiger partial charge in [-0.3, -0.25) is 9.69 Å². The first-order valence-electron chi connectivity index (χ1n) is 10.9. The predicted molar refractivity (Wildman–Crippen MR) is 127 cm³/mol. The zero-order valence-electron chi connectivity index (χ0n) is 19.1. The lowest BCUT2D eigenvalue weighted by molar-refractivity contribution is -0.137. The van der Waals surface area contributed by atoms with E-state index in [1.165, 1.54) is 23.9 Å². The number of nitrogens with two attached hydrogens (primary N) is 1. The first kappa shape index (κ1) is 26.5. The van der Waals surface area contributed by atoms with Crippen LogP contribution in [0.15, 0.2) is 29.3 Å². The number of nitrogens with zero attached hydrogens (tertiary/aromatic N) is 4. The molecule has 0 radical (unpaired) electrons. The molecule has 1 aliphatic rings. The quantitative estimate of drug-likeness (QED) is 0.345. The number of thioether (sulfide) groups is 1. The zero-order valence-corrected chi connectivity index (χ0v) is 19.9. The number of amides is 1. The van der Waals surface area contributed by atoms with E-state index in [9.17, 15) is 23.2 Å². The molecule has 188 valence electrons. The normalized spacial score (nSPS) is 15.3. The number of nitrogens with one attached hydrogen (secondary N) is 2. The number of nitrogen functional groups attached to an aromatic ring is 1. The first-order chi connectivity index (χ1) is 16.7. The summed E-state index contributed by atoms with van der Waals surface area (Å²) < 4.78 is 44.9. The molecule has 1 aliphatic heterocycles. The maximum atomic E-state index is 13.2. The van der Waals surface area contributed by atoms with Gasteiger partial charge in [-0.15, -0.1) is 11.8 Å². The molecule has 1 aromatic heterocycles. The molecule has 2 heterocycles. The number of hydrogen-bond acceptors (Lipinski definition) is 9. The number of hydrogen-bond donors (Lipinski definition) is 3. The van der Waals surface area contributed by atoms with E-state index in [4.69, 9.17) is 10.5 Å². The van der Waals surface area contributed by atoms with Crippen LogP contribution in [0.4, 0.5) is 30.6 Å². The van der Waals surface area contributed by atoms with Gasteiger partial charge in [-0.05, 0) is 43.8 Å². The Morgan fingerprint density at radius 2 is 2.09 bits per heavy atom. The van der Waals surface area contributed by atoms with Crippen LogP contribution in [0.2, 0.25) is 0 Å². The van der Waals surface area contributed by atoms with Crippen LogP contribution in [0.1, 0.15) is 24.0 Å². The summed E-state index contributed by atoms with van der Waals surface area (Å²) in [5, 5.41) is 15.4. The van der Waals surface area contributed by atoms with Crippen molar-refractivity contribution in [2.75, 3.05) is 55.5 Å². The number of rotatable bonds is 9. The molecule has 1 fully saturated rings. The van der Waals surface area contributed by atoms with E-state index >= 15 is 0 Å². The largest absolute Gasteiger partial charge is 0.416 e. The summed E-state index contributed by atoms with van der Waals surface area (Å²) in [7, 11) is 0. The Balaban J connectivity index is 1.80. The highest BCUT2D eigenvalue weighted by molar-refractivity contribution is 7.98. The summed E-state index contributed by atoms with van der Waals surface area (Å²) in [6, 6.07) is 5.74. The van der Waals surface area contributed by atoms with Crippen LogP contribution in [0.5, 0.6) is 0 Å². The number of carbonyl (C=O) groups excluding carboxylic acids is 1. The fourth-order valence-electron chi connectivity index (χ4n) is 3.60. The number of ether oxygens (including phenoxy) is 1. The number of morpholine rings is 1. The summed E-state index contributed by atoms with van der Waals surface area (Å²) in [6.45, 7) is 3.53. The van der Waals surface area contributed by atoms with Crippen molar-refractivity contribution in [3.05, 3.63) is 35.4 Å². The molecule has 4 N–H and O–H groups in total. The molecule has 1 aromatic carbocycles. The van der Waals surface area contributed by atoms with Crippen molar-refractivity contribution in [1.29, 1.82) is 5.26 Å². The molecule has 0 spiro atoms. The fraction of sp³-hybridized carbons (Fsp3) is 0.455. The van der Waals surface area contributed by atoms with Gasteiger partial charge in [0.15, 0.2) is 5.82 Å². The number of aromatic nitrogens is 2. The van der Waals surface area contributed by atoms with E-state index < -0.39 is 23.7 Å². The smallest absolute Gasteiger partial charge is 0.379 e. The summed E-state index contributed by atoms with van der Waals surface area (Å²) in [6.07, 6.45) is -1.87. The standard InChI is InChI=1S/C22H26F3N7O2S/c1-35-20-16(13-26)18(30-21(27)31-20)29-19(33)17(6-3-7-32-8-10-34-11-9-32)28-15-5-2-4-14(12-15)22(23,24)25/h2,4-5,12,17,28H,3,6-11H2,1H3,(H3,27,29,30,31,33)/t17-/m0/s1. The average Bonchev–Trinajstić information content (AvgIpc) is 2.83. The van der Waals surface area contributed by atoms with Crippen LogP contribution in [-0.4, -0.2) is 65.9 Å². The molecule has 0 unspecified atom stereocenters. The fourth-order valence-corrected chi connectivity index (χ4v) is 4.13. The minimum atomic E-state index is -4.51. The number of anilines is 3. The molecular weight excluding hydrogens is 483 g/mol. The van der Waals surface area contributed by atoms with Crippen molar-refractivity contribution < 1.29 is 22.7 Å². The third kappa shape index (κ3) is 7.45. The average molecular weight is 510 g/mol. The summed E-state index contributed by atoms with van der Waals surface area (Å²) in [4.78, 5) is 23.4. The molecule has 9 nitrogen and oxygen atoms in total.